The van der Waals surface area contributed by atoms with Gasteiger partial charge in [0.2, 0.25) is 0 Å². The summed E-state index contributed by atoms with van der Waals surface area (Å²) in [5, 5.41) is 11.3. The summed E-state index contributed by atoms with van der Waals surface area (Å²) in [5.74, 6) is -1.12. The van der Waals surface area contributed by atoms with Crippen LogP contribution >= 0.6 is 0 Å². The van der Waals surface area contributed by atoms with Crippen LogP contribution in [0.5, 0.6) is 0 Å². The minimum atomic E-state index is -4.66. The van der Waals surface area contributed by atoms with Crippen LogP contribution in [0, 0.1) is 0 Å². The Kier molecular flexibility index (Phi) is 3.97. The van der Waals surface area contributed by atoms with E-state index < -0.39 is 17.6 Å². The van der Waals surface area contributed by atoms with E-state index in [0.29, 0.717) is 6.08 Å². The van der Waals surface area contributed by atoms with Crippen LogP contribution in [0.3, 0.4) is 0 Å². The summed E-state index contributed by atoms with van der Waals surface area (Å²) < 4.78 is 52.2. The first-order valence-corrected chi connectivity index (χ1v) is 5.93. The smallest absolute Gasteiger partial charge is 0.409 e. The van der Waals surface area contributed by atoms with Gasteiger partial charge in [-0.1, -0.05) is 5.16 Å². The van der Waals surface area contributed by atoms with Gasteiger partial charge >= 0.3 is 6.18 Å². The van der Waals surface area contributed by atoms with Crippen LogP contribution in [0.15, 0.2) is 41.0 Å². The first kappa shape index (κ1) is 15.0. The molecule has 4 nitrogen and oxygen atoms in total. The lowest BCUT2D eigenvalue weighted by Crippen LogP contribution is -2.17. The third kappa shape index (κ3) is 3.21. The lowest BCUT2D eigenvalue weighted by Gasteiger charge is -2.19. The molecular formula is C13H11F4N3O. The number of pyridine rings is 1. The SMILES string of the molecule is N/C(=N\O)c1cc(C2=C(C(F)(F)F)C=C(F)CC2)ccn1. The Morgan fingerprint density at radius 1 is 1.33 bits per heavy atom. The molecule has 1 aliphatic carbocycles. The first-order valence-electron chi connectivity index (χ1n) is 5.93. The van der Waals surface area contributed by atoms with Crippen molar-refractivity contribution in [1.29, 1.82) is 0 Å². The molecule has 0 bridgehead atoms. The minimum absolute atomic E-state index is 0.0408. The molecule has 0 aromatic carbocycles. The Morgan fingerprint density at radius 3 is 2.67 bits per heavy atom. The second kappa shape index (κ2) is 5.55. The zero-order valence-electron chi connectivity index (χ0n) is 10.7. The molecule has 0 atom stereocenters. The topological polar surface area (TPSA) is 71.5 Å². The molecule has 3 N–H and O–H groups in total. The number of alkyl halides is 3. The van der Waals surface area contributed by atoms with E-state index >= 15 is 0 Å². The van der Waals surface area contributed by atoms with Gasteiger partial charge in [0.25, 0.3) is 0 Å². The molecule has 0 saturated carbocycles. The van der Waals surface area contributed by atoms with Gasteiger partial charge in [-0.2, -0.15) is 13.2 Å². The van der Waals surface area contributed by atoms with Crippen molar-refractivity contribution in [2.24, 2.45) is 10.9 Å². The Labute approximate surface area is 117 Å². The average molecular weight is 301 g/mol. The van der Waals surface area contributed by atoms with Crippen LogP contribution in [0.1, 0.15) is 24.1 Å². The lowest BCUT2D eigenvalue weighted by atomic mass is 9.91. The van der Waals surface area contributed by atoms with E-state index in [1.165, 1.54) is 18.3 Å². The van der Waals surface area contributed by atoms with Gasteiger partial charge in [0.15, 0.2) is 5.84 Å². The van der Waals surface area contributed by atoms with Crippen LogP contribution in [-0.2, 0) is 0 Å². The third-order valence-corrected chi connectivity index (χ3v) is 3.02. The molecule has 0 aliphatic heterocycles. The van der Waals surface area contributed by atoms with Gasteiger partial charge in [-0.25, -0.2) is 4.39 Å². The molecule has 0 spiro atoms. The van der Waals surface area contributed by atoms with E-state index in [0.717, 1.165) is 0 Å². The maximum absolute atomic E-state index is 13.2. The molecule has 1 aliphatic rings. The monoisotopic (exact) mass is 301 g/mol. The van der Waals surface area contributed by atoms with E-state index in [9.17, 15) is 17.6 Å². The number of nitrogens with two attached hydrogens (primary N) is 1. The van der Waals surface area contributed by atoms with Gasteiger partial charge in [0, 0.05) is 12.6 Å². The second-order valence-electron chi connectivity index (χ2n) is 4.40. The number of allylic oxidation sites excluding steroid dienone is 4. The normalized spacial score (nSPS) is 17.0. The number of hydrogen-bond donors (Lipinski definition) is 2. The molecule has 1 aromatic heterocycles. The van der Waals surface area contributed by atoms with Crippen molar-refractivity contribution < 1.29 is 22.8 Å². The molecule has 0 unspecified atom stereocenters. The van der Waals surface area contributed by atoms with Crippen LogP contribution in [-0.4, -0.2) is 22.2 Å². The van der Waals surface area contributed by atoms with E-state index in [4.69, 9.17) is 10.9 Å². The van der Waals surface area contributed by atoms with Gasteiger partial charge in [0.1, 0.15) is 11.5 Å². The number of halogens is 4. The molecule has 0 fully saturated rings. The second-order valence-corrected chi connectivity index (χ2v) is 4.40. The van der Waals surface area contributed by atoms with E-state index in [2.05, 4.69) is 10.1 Å². The molecule has 2 rings (SSSR count). The molecule has 0 radical (unpaired) electrons. The van der Waals surface area contributed by atoms with Crippen molar-refractivity contribution in [2.45, 2.75) is 19.0 Å². The van der Waals surface area contributed by atoms with Crippen molar-refractivity contribution in [3.63, 3.8) is 0 Å². The molecule has 1 aromatic rings. The predicted octanol–water partition coefficient (Wildman–Crippen LogP) is 3.14. The first-order chi connectivity index (χ1) is 9.82. The summed E-state index contributed by atoms with van der Waals surface area (Å²) in [7, 11) is 0. The summed E-state index contributed by atoms with van der Waals surface area (Å²) in [6, 6.07) is 2.64. The van der Waals surface area contributed by atoms with Crippen LogP contribution in [0.25, 0.3) is 5.57 Å². The number of nitrogens with zero attached hydrogens (tertiary/aromatic N) is 2. The molecule has 1 heterocycles. The fraction of sp³-hybridized carbons (Fsp3) is 0.231. The van der Waals surface area contributed by atoms with Crippen LogP contribution in [0.4, 0.5) is 17.6 Å². The minimum Gasteiger partial charge on any atom is -0.409 e. The Morgan fingerprint density at radius 2 is 2.05 bits per heavy atom. The number of hydrogen-bond acceptors (Lipinski definition) is 3. The number of amidine groups is 1. The van der Waals surface area contributed by atoms with Gasteiger partial charge < -0.3 is 10.9 Å². The number of aromatic nitrogens is 1. The highest BCUT2D eigenvalue weighted by atomic mass is 19.4. The zero-order valence-corrected chi connectivity index (χ0v) is 10.7. The van der Waals surface area contributed by atoms with Crippen LogP contribution < -0.4 is 5.73 Å². The van der Waals surface area contributed by atoms with Crippen molar-refractivity contribution in [2.75, 3.05) is 0 Å². The summed E-state index contributed by atoms with van der Waals surface area (Å²) in [6.07, 6.45) is -3.10. The Hall–Kier alpha value is -2.38. The van der Waals surface area contributed by atoms with Crippen molar-refractivity contribution in [3.05, 3.63) is 47.1 Å². The van der Waals surface area contributed by atoms with Gasteiger partial charge in [-0.3, -0.25) is 4.98 Å². The summed E-state index contributed by atoms with van der Waals surface area (Å²) >= 11 is 0. The molecule has 8 heteroatoms. The highest BCUT2D eigenvalue weighted by Gasteiger charge is 2.37. The molecular weight excluding hydrogens is 290 g/mol. The maximum atomic E-state index is 13.2. The highest BCUT2D eigenvalue weighted by Crippen LogP contribution is 2.40. The largest absolute Gasteiger partial charge is 0.416 e. The van der Waals surface area contributed by atoms with Crippen molar-refractivity contribution in [1.82, 2.24) is 4.98 Å². The quantitative estimate of drug-likeness (QED) is 0.290. The maximum Gasteiger partial charge on any atom is 0.416 e. The fourth-order valence-electron chi connectivity index (χ4n) is 2.06. The number of rotatable bonds is 2. The van der Waals surface area contributed by atoms with Gasteiger partial charge in [-0.15, -0.1) is 0 Å². The standard InChI is InChI=1S/C13H11F4N3O/c14-8-1-2-9(10(6-8)13(15,16)17)7-3-4-19-11(5-7)12(18)20-21/h3-6,21H,1-2H2,(H2,18,20). The summed E-state index contributed by atoms with van der Waals surface area (Å²) in [6.45, 7) is 0. The lowest BCUT2D eigenvalue weighted by molar-refractivity contribution is -0.0881. The highest BCUT2D eigenvalue weighted by molar-refractivity contribution is 5.96. The fourth-order valence-corrected chi connectivity index (χ4v) is 2.06. The molecule has 0 saturated heterocycles. The summed E-state index contributed by atoms with van der Waals surface area (Å²) in [5.41, 5.74) is 4.55. The van der Waals surface area contributed by atoms with E-state index in [1.54, 1.807) is 0 Å². The van der Waals surface area contributed by atoms with Gasteiger partial charge in [0.05, 0.1) is 5.57 Å². The molecule has 112 valence electrons. The third-order valence-electron chi connectivity index (χ3n) is 3.02. The van der Waals surface area contributed by atoms with Crippen molar-refractivity contribution in [3.8, 4) is 0 Å². The average Bonchev–Trinajstić information content (AvgIpc) is 2.45. The van der Waals surface area contributed by atoms with E-state index in [-0.39, 0.29) is 35.5 Å². The molecule has 21 heavy (non-hydrogen) atoms. The Balaban J connectivity index is 2.58. The molecule has 0 amide bonds. The van der Waals surface area contributed by atoms with Crippen LogP contribution in [0.2, 0.25) is 0 Å². The number of oxime groups is 1. The van der Waals surface area contributed by atoms with E-state index in [1.807, 2.05) is 0 Å². The predicted molar refractivity (Wildman–Crippen MR) is 68.1 cm³/mol. The summed E-state index contributed by atoms with van der Waals surface area (Å²) in [4.78, 5) is 3.80. The Bertz CT molecular complexity index is 647. The zero-order chi connectivity index (χ0) is 15.6. The van der Waals surface area contributed by atoms with Gasteiger partial charge in [-0.05, 0) is 35.8 Å². The van der Waals surface area contributed by atoms with Crippen molar-refractivity contribution >= 4 is 11.4 Å².